The molecule has 0 atom stereocenters. The third kappa shape index (κ3) is 3.28. The summed E-state index contributed by atoms with van der Waals surface area (Å²) in [5.41, 5.74) is 2.95. The zero-order chi connectivity index (χ0) is 18.1. The number of ketones is 1. The minimum Gasteiger partial charge on any atom is -0.440 e. The summed E-state index contributed by atoms with van der Waals surface area (Å²) in [5, 5.41) is 3.93. The molecule has 3 rings (SSSR count). The summed E-state index contributed by atoms with van der Waals surface area (Å²) in [5.74, 6) is -0.155. The average Bonchev–Trinajstić information content (AvgIpc) is 2.93. The predicted octanol–water partition coefficient (Wildman–Crippen LogP) is 3.76. The van der Waals surface area contributed by atoms with Crippen LogP contribution < -0.4 is 0 Å². The van der Waals surface area contributed by atoms with Crippen molar-refractivity contribution in [3.63, 3.8) is 0 Å². The SMILES string of the molecule is CC1=CC(=O)C(C(C)C)=C/C1=N/OC(=O)c1cccc2nc(C)oc12. The van der Waals surface area contributed by atoms with Gasteiger partial charge < -0.3 is 9.25 Å². The second-order valence-electron chi connectivity index (χ2n) is 6.19. The molecule has 2 aromatic rings. The summed E-state index contributed by atoms with van der Waals surface area (Å²) in [6, 6.07) is 5.05. The summed E-state index contributed by atoms with van der Waals surface area (Å²) in [6.45, 7) is 7.31. The molecule has 0 saturated carbocycles. The van der Waals surface area contributed by atoms with Crippen molar-refractivity contribution in [2.75, 3.05) is 0 Å². The molecule has 0 fully saturated rings. The van der Waals surface area contributed by atoms with E-state index in [-0.39, 0.29) is 17.3 Å². The normalized spacial score (nSPS) is 16.4. The molecule has 0 N–H and O–H groups in total. The summed E-state index contributed by atoms with van der Waals surface area (Å²) < 4.78 is 5.47. The number of para-hydroxylation sites is 1. The van der Waals surface area contributed by atoms with Crippen molar-refractivity contribution in [1.29, 1.82) is 0 Å². The van der Waals surface area contributed by atoms with Crippen LogP contribution in [0.15, 0.2) is 51.1 Å². The van der Waals surface area contributed by atoms with Gasteiger partial charge in [-0.15, -0.1) is 0 Å². The van der Waals surface area contributed by atoms with Crippen molar-refractivity contribution in [3.05, 3.63) is 53.0 Å². The highest BCUT2D eigenvalue weighted by Gasteiger charge is 2.20. The molecule has 6 heteroatoms. The second kappa shape index (κ2) is 6.47. The molecule has 0 saturated heterocycles. The minimum atomic E-state index is -0.640. The number of aryl methyl sites for hydroxylation is 1. The van der Waals surface area contributed by atoms with Crippen LogP contribution in [0.25, 0.3) is 11.1 Å². The number of oxime groups is 1. The van der Waals surface area contributed by atoms with Crippen molar-refractivity contribution in [3.8, 4) is 0 Å². The topological polar surface area (TPSA) is 81.8 Å². The van der Waals surface area contributed by atoms with Crippen LogP contribution in [0.4, 0.5) is 0 Å². The fourth-order valence-electron chi connectivity index (χ4n) is 2.60. The monoisotopic (exact) mass is 338 g/mol. The van der Waals surface area contributed by atoms with E-state index < -0.39 is 5.97 Å². The highest BCUT2D eigenvalue weighted by Crippen LogP contribution is 2.22. The Morgan fingerprint density at radius 1 is 1.24 bits per heavy atom. The van der Waals surface area contributed by atoms with Crippen LogP contribution in [0.3, 0.4) is 0 Å². The van der Waals surface area contributed by atoms with E-state index in [0.29, 0.717) is 33.8 Å². The first kappa shape index (κ1) is 16.8. The molecule has 0 radical (unpaired) electrons. The number of oxazole rings is 1. The summed E-state index contributed by atoms with van der Waals surface area (Å²) >= 11 is 0. The van der Waals surface area contributed by atoms with Crippen LogP contribution in [0.1, 0.15) is 37.0 Å². The molecule has 25 heavy (non-hydrogen) atoms. The number of carbonyl (C=O) groups is 2. The lowest BCUT2D eigenvalue weighted by Gasteiger charge is -2.14. The highest BCUT2D eigenvalue weighted by atomic mass is 16.7. The lowest BCUT2D eigenvalue weighted by molar-refractivity contribution is -0.111. The van der Waals surface area contributed by atoms with Gasteiger partial charge in [0.15, 0.2) is 17.3 Å². The Morgan fingerprint density at radius 3 is 2.72 bits per heavy atom. The molecule has 6 nitrogen and oxygen atoms in total. The van der Waals surface area contributed by atoms with Crippen LogP contribution in [0, 0.1) is 12.8 Å². The third-order valence-electron chi connectivity index (χ3n) is 3.92. The second-order valence-corrected chi connectivity index (χ2v) is 6.19. The van der Waals surface area contributed by atoms with Gasteiger partial charge in [-0.25, -0.2) is 9.78 Å². The van der Waals surface area contributed by atoms with Gasteiger partial charge in [-0.3, -0.25) is 4.79 Å². The molecule has 0 unspecified atom stereocenters. The Hall–Kier alpha value is -3.02. The lowest BCUT2D eigenvalue weighted by atomic mass is 9.90. The number of hydrogen-bond acceptors (Lipinski definition) is 6. The Morgan fingerprint density at radius 2 is 2.00 bits per heavy atom. The maximum Gasteiger partial charge on any atom is 0.369 e. The van der Waals surface area contributed by atoms with E-state index in [0.717, 1.165) is 0 Å². The molecule has 128 valence electrons. The Balaban J connectivity index is 1.89. The number of aromatic nitrogens is 1. The van der Waals surface area contributed by atoms with Crippen molar-refractivity contribution >= 4 is 28.6 Å². The number of rotatable bonds is 3. The Labute approximate surface area is 144 Å². The fourth-order valence-corrected chi connectivity index (χ4v) is 2.60. The van der Waals surface area contributed by atoms with Gasteiger partial charge in [-0.05, 0) is 42.7 Å². The van der Waals surface area contributed by atoms with Crippen molar-refractivity contribution in [1.82, 2.24) is 4.98 Å². The number of nitrogens with zero attached hydrogens (tertiary/aromatic N) is 2. The number of hydrogen-bond donors (Lipinski definition) is 0. The van der Waals surface area contributed by atoms with Gasteiger partial charge in [0.05, 0.1) is 0 Å². The predicted molar refractivity (Wildman–Crippen MR) is 93.3 cm³/mol. The molecule has 1 aliphatic carbocycles. The van der Waals surface area contributed by atoms with Crippen LogP contribution in [-0.2, 0) is 9.63 Å². The largest absolute Gasteiger partial charge is 0.440 e. The zero-order valence-electron chi connectivity index (χ0n) is 14.5. The maximum atomic E-state index is 12.4. The van der Waals surface area contributed by atoms with Gasteiger partial charge in [0.1, 0.15) is 16.8 Å². The van der Waals surface area contributed by atoms with E-state index in [1.165, 1.54) is 6.08 Å². The third-order valence-corrected chi connectivity index (χ3v) is 3.92. The zero-order valence-corrected chi connectivity index (χ0v) is 14.5. The van der Waals surface area contributed by atoms with E-state index in [2.05, 4.69) is 10.1 Å². The standard InChI is InChI=1S/C19H18N2O4/c1-10(2)14-9-16(11(3)8-17(14)22)21-25-19(23)13-6-5-7-15-18(13)24-12(4)20-15/h5-10H,1-4H3/b21-16-. The fraction of sp³-hybridized carbons (Fsp3) is 0.263. The first-order valence-electron chi connectivity index (χ1n) is 7.97. The van der Waals surface area contributed by atoms with Crippen LogP contribution in [-0.4, -0.2) is 22.4 Å². The average molecular weight is 338 g/mol. The van der Waals surface area contributed by atoms with Crippen LogP contribution in [0.5, 0.6) is 0 Å². The molecular formula is C19H18N2O4. The molecule has 1 aliphatic rings. The summed E-state index contributed by atoms with van der Waals surface area (Å²) in [6.07, 6.45) is 3.16. The molecule has 0 amide bonds. The molecule has 0 aliphatic heterocycles. The van der Waals surface area contributed by atoms with E-state index in [1.54, 1.807) is 38.1 Å². The number of carbonyl (C=O) groups excluding carboxylic acids is 2. The van der Waals surface area contributed by atoms with E-state index in [1.807, 2.05) is 13.8 Å². The molecule has 1 aromatic carbocycles. The van der Waals surface area contributed by atoms with Gasteiger partial charge >= 0.3 is 5.97 Å². The highest BCUT2D eigenvalue weighted by molar-refractivity contribution is 6.21. The molecule has 1 aromatic heterocycles. The van der Waals surface area contributed by atoms with Crippen LogP contribution >= 0.6 is 0 Å². The molecule has 0 bridgehead atoms. The molecule has 1 heterocycles. The van der Waals surface area contributed by atoms with Crippen molar-refractivity contribution in [2.45, 2.75) is 27.7 Å². The van der Waals surface area contributed by atoms with E-state index in [9.17, 15) is 9.59 Å². The van der Waals surface area contributed by atoms with Gasteiger partial charge in [0.2, 0.25) is 0 Å². The van der Waals surface area contributed by atoms with E-state index >= 15 is 0 Å². The lowest BCUT2D eigenvalue weighted by Crippen LogP contribution is -2.16. The first-order chi connectivity index (χ1) is 11.9. The van der Waals surface area contributed by atoms with E-state index in [4.69, 9.17) is 9.25 Å². The molecular weight excluding hydrogens is 320 g/mol. The number of allylic oxidation sites excluding steroid dienone is 4. The van der Waals surface area contributed by atoms with Gasteiger partial charge in [0, 0.05) is 12.5 Å². The quantitative estimate of drug-likeness (QED) is 0.483. The smallest absolute Gasteiger partial charge is 0.369 e. The minimum absolute atomic E-state index is 0.0420. The molecule has 0 spiro atoms. The van der Waals surface area contributed by atoms with Crippen LogP contribution in [0.2, 0.25) is 0 Å². The Kier molecular flexibility index (Phi) is 4.35. The van der Waals surface area contributed by atoms with Gasteiger partial charge in [0.25, 0.3) is 0 Å². The Bertz CT molecular complexity index is 961. The van der Waals surface area contributed by atoms with Gasteiger partial charge in [-0.2, -0.15) is 0 Å². The summed E-state index contributed by atoms with van der Waals surface area (Å²) in [4.78, 5) is 33.6. The van der Waals surface area contributed by atoms with Crippen molar-refractivity contribution in [2.24, 2.45) is 11.1 Å². The maximum absolute atomic E-state index is 12.4. The first-order valence-corrected chi connectivity index (χ1v) is 7.97. The van der Waals surface area contributed by atoms with Crippen molar-refractivity contribution < 1.29 is 18.8 Å². The summed E-state index contributed by atoms with van der Waals surface area (Å²) in [7, 11) is 0. The van der Waals surface area contributed by atoms with Gasteiger partial charge in [-0.1, -0.05) is 25.1 Å². The number of fused-ring (bicyclic) bond motifs is 1. The number of benzene rings is 1.